The normalized spacial score (nSPS) is 19.9. The fourth-order valence-corrected chi connectivity index (χ4v) is 2.08. The first-order valence-corrected chi connectivity index (χ1v) is 6.98. The van der Waals surface area contributed by atoms with Gasteiger partial charge in [0.15, 0.2) is 0 Å². The van der Waals surface area contributed by atoms with E-state index in [0.29, 0.717) is 16.5 Å². The van der Waals surface area contributed by atoms with Crippen molar-refractivity contribution in [3.8, 4) is 5.75 Å². The standard InChI is InChI=1S/C15H19ClN2O3/c1-15(2,20)13(16)7-9-4-5-12-11(6-9)18(3)14(19)10(17)8-21-12/h4-7,10,20H,8,17H2,1-3H3/b13-7-/t10-/m0/s1. The highest BCUT2D eigenvalue weighted by Crippen LogP contribution is 2.33. The fourth-order valence-electron chi connectivity index (χ4n) is 1.95. The van der Waals surface area contributed by atoms with Gasteiger partial charge < -0.3 is 20.5 Å². The predicted molar refractivity (Wildman–Crippen MR) is 83.5 cm³/mol. The molecule has 0 fully saturated rings. The number of carbonyl (C=O) groups is 1. The number of carbonyl (C=O) groups excluding carboxylic acids is 1. The first-order valence-electron chi connectivity index (χ1n) is 6.60. The van der Waals surface area contributed by atoms with E-state index in [0.717, 1.165) is 5.56 Å². The van der Waals surface area contributed by atoms with Gasteiger partial charge in [0.2, 0.25) is 5.91 Å². The highest BCUT2D eigenvalue weighted by molar-refractivity contribution is 6.32. The van der Waals surface area contributed by atoms with Crippen LogP contribution in [0.4, 0.5) is 5.69 Å². The SMILES string of the molecule is CN1C(=O)[C@@H](N)COc2ccc(/C=C(\Cl)C(C)(C)O)cc21. The highest BCUT2D eigenvalue weighted by Gasteiger charge is 2.26. The van der Waals surface area contributed by atoms with Gasteiger partial charge in [-0.1, -0.05) is 17.7 Å². The lowest BCUT2D eigenvalue weighted by molar-refractivity contribution is -0.119. The molecule has 1 aromatic carbocycles. The lowest BCUT2D eigenvalue weighted by Crippen LogP contribution is -2.43. The Hall–Kier alpha value is -1.56. The Kier molecular flexibility index (Phi) is 4.27. The number of halogens is 1. The second-order valence-corrected chi connectivity index (χ2v) is 6.00. The van der Waals surface area contributed by atoms with Gasteiger partial charge in [-0.25, -0.2) is 0 Å². The summed E-state index contributed by atoms with van der Waals surface area (Å²) in [5.74, 6) is 0.388. The Morgan fingerprint density at radius 1 is 1.57 bits per heavy atom. The third-order valence-electron chi connectivity index (χ3n) is 3.29. The second kappa shape index (κ2) is 5.67. The number of amides is 1. The molecule has 0 saturated heterocycles. The second-order valence-electron chi connectivity index (χ2n) is 5.59. The topological polar surface area (TPSA) is 75.8 Å². The summed E-state index contributed by atoms with van der Waals surface area (Å²) < 4.78 is 5.54. The molecule has 1 aliphatic rings. The van der Waals surface area contributed by atoms with Crippen molar-refractivity contribution < 1.29 is 14.6 Å². The van der Waals surface area contributed by atoms with Crippen molar-refractivity contribution in [2.45, 2.75) is 25.5 Å². The maximum atomic E-state index is 12.0. The van der Waals surface area contributed by atoms with Crippen molar-refractivity contribution in [1.82, 2.24) is 0 Å². The zero-order valence-corrected chi connectivity index (χ0v) is 13.0. The van der Waals surface area contributed by atoms with Crippen LogP contribution in [0.3, 0.4) is 0 Å². The van der Waals surface area contributed by atoms with Gasteiger partial charge in [-0.2, -0.15) is 0 Å². The minimum atomic E-state index is -1.12. The van der Waals surface area contributed by atoms with Crippen molar-refractivity contribution >= 4 is 29.3 Å². The minimum absolute atomic E-state index is 0.149. The van der Waals surface area contributed by atoms with E-state index in [4.69, 9.17) is 22.1 Å². The number of benzene rings is 1. The van der Waals surface area contributed by atoms with Crippen LogP contribution >= 0.6 is 11.6 Å². The van der Waals surface area contributed by atoms with Gasteiger partial charge in [-0.3, -0.25) is 4.79 Å². The number of likely N-dealkylation sites (N-methyl/N-ethyl adjacent to an activating group) is 1. The summed E-state index contributed by atoms with van der Waals surface area (Å²) in [6.07, 6.45) is 1.66. The van der Waals surface area contributed by atoms with Gasteiger partial charge >= 0.3 is 0 Å². The minimum Gasteiger partial charge on any atom is -0.489 e. The number of anilines is 1. The van der Waals surface area contributed by atoms with Crippen LogP contribution in [0, 0.1) is 0 Å². The van der Waals surface area contributed by atoms with Gasteiger partial charge in [0, 0.05) is 12.1 Å². The summed E-state index contributed by atoms with van der Waals surface area (Å²) in [6, 6.07) is 4.67. The molecule has 1 amide bonds. The summed E-state index contributed by atoms with van der Waals surface area (Å²) in [4.78, 5) is 13.5. The molecule has 0 spiro atoms. The van der Waals surface area contributed by atoms with Crippen molar-refractivity contribution in [3.63, 3.8) is 0 Å². The lowest BCUT2D eigenvalue weighted by Gasteiger charge is -2.19. The Morgan fingerprint density at radius 2 is 2.24 bits per heavy atom. The van der Waals surface area contributed by atoms with Crippen LogP contribution in [0.2, 0.25) is 0 Å². The zero-order valence-electron chi connectivity index (χ0n) is 12.3. The third-order valence-corrected chi connectivity index (χ3v) is 3.86. The van der Waals surface area contributed by atoms with E-state index in [2.05, 4.69) is 0 Å². The van der Waals surface area contributed by atoms with Crippen LogP contribution in [0.1, 0.15) is 19.4 Å². The molecule has 0 radical (unpaired) electrons. The summed E-state index contributed by atoms with van der Waals surface area (Å²) in [5.41, 5.74) is 6.02. The first-order chi connectivity index (χ1) is 9.70. The monoisotopic (exact) mass is 310 g/mol. The molecule has 1 heterocycles. The van der Waals surface area contributed by atoms with E-state index in [1.54, 1.807) is 39.1 Å². The molecule has 3 N–H and O–H groups in total. The van der Waals surface area contributed by atoms with Crippen molar-refractivity contribution in [3.05, 3.63) is 28.8 Å². The molecule has 1 aliphatic heterocycles. The van der Waals surface area contributed by atoms with E-state index < -0.39 is 11.6 Å². The number of nitrogens with zero attached hydrogens (tertiary/aromatic N) is 1. The van der Waals surface area contributed by atoms with Crippen LogP contribution in [-0.4, -0.2) is 36.3 Å². The van der Waals surface area contributed by atoms with Crippen LogP contribution in [0.25, 0.3) is 6.08 Å². The molecule has 5 nitrogen and oxygen atoms in total. The molecule has 114 valence electrons. The number of fused-ring (bicyclic) bond motifs is 1. The Morgan fingerprint density at radius 3 is 2.86 bits per heavy atom. The van der Waals surface area contributed by atoms with Crippen molar-refractivity contribution in [2.24, 2.45) is 5.73 Å². The van der Waals surface area contributed by atoms with Gasteiger partial charge in [-0.05, 0) is 37.6 Å². The molecule has 1 atom stereocenters. The number of hydrogen-bond donors (Lipinski definition) is 2. The lowest BCUT2D eigenvalue weighted by atomic mass is 10.1. The van der Waals surface area contributed by atoms with Crippen molar-refractivity contribution in [2.75, 3.05) is 18.6 Å². The molecule has 0 aliphatic carbocycles. The molecule has 21 heavy (non-hydrogen) atoms. The van der Waals surface area contributed by atoms with E-state index in [-0.39, 0.29) is 12.5 Å². The zero-order chi connectivity index (χ0) is 15.8. The van der Waals surface area contributed by atoms with E-state index in [1.165, 1.54) is 4.90 Å². The van der Waals surface area contributed by atoms with Crippen molar-refractivity contribution in [1.29, 1.82) is 0 Å². The number of rotatable bonds is 2. The molecule has 0 bridgehead atoms. The smallest absolute Gasteiger partial charge is 0.247 e. The van der Waals surface area contributed by atoms with Gasteiger partial charge in [0.05, 0.1) is 11.3 Å². The maximum absolute atomic E-state index is 12.0. The Balaban J connectivity index is 2.42. The summed E-state index contributed by atoms with van der Waals surface area (Å²) in [7, 11) is 1.65. The number of hydrogen-bond acceptors (Lipinski definition) is 4. The van der Waals surface area contributed by atoms with Gasteiger partial charge in [0.1, 0.15) is 18.4 Å². The van der Waals surface area contributed by atoms with Crippen LogP contribution in [-0.2, 0) is 4.79 Å². The molecule has 0 unspecified atom stereocenters. The Bertz CT molecular complexity index is 593. The number of aliphatic hydroxyl groups is 1. The van der Waals surface area contributed by atoms with Crippen LogP contribution in [0.15, 0.2) is 23.2 Å². The molecule has 0 aromatic heterocycles. The van der Waals surface area contributed by atoms with Gasteiger partial charge in [-0.15, -0.1) is 0 Å². The fraction of sp³-hybridized carbons (Fsp3) is 0.400. The summed E-state index contributed by atoms with van der Waals surface area (Å²) in [6.45, 7) is 3.36. The van der Waals surface area contributed by atoms with E-state index in [1.807, 2.05) is 6.07 Å². The molecule has 6 heteroatoms. The molecule has 1 aromatic rings. The average molecular weight is 311 g/mol. The highest BCUT2D eigenvalue weighted by atomic mass is 35.5. The quantitative estimate of drug-likeness (QED) is 0.872. The van der Waals surface area contributed by atoms with E-state index in [9.17, 15) is 9.90 Å². The molecule has 2 rings (SSSR count). The predicted octanol–water partition coefficient (Wildman–Crippen LogP) is 1.72. The number of nitrogens with two attached hydrogens (primary N) is 1. The average Bonchev–Trinajstić information content (AvgIpc) is 2.51. The van der Waals surface area contributed by atoms with Crippen LogP contribution in [0.5, 0.6) is 5.75 Å². The van der Waals surface area contributed by atoms with Crippen LogP contribution < -0.4 is 15.4 Å². The van der Waals surface area contributed by atoms with Gasteiger partial charge in [0.25, 0.3) is 0 Å². The first kappa shape index (κ1) is 15.8. The third kappa shape index (κ3) is 3.37. The Labute approximate surface area is 128 Å². The largest absolute Gasteiger partial charge is 0.489 e. The summed E-state index contributed by atoms with van der Waals surface area (Å²) in [5, 5.41) is 10.2. The molecule has 0 saturated carbocycles. The summed E-state index contributed by atoms with van der Waals surface area (Å²) >= 11 is 6.07. The molecular weight excluding hydrogens is 292 g/mol. The maximum Gasteiger partial charge on any atom is 0.247 e. The molecular formula is C15H19ClN2O3. The van der Waals surface area contributed by atoms with E-state index >= 15 is 0 Å². The number of ether oxygens (including phenoxy) is 1.